The molecule has 1 aliphatic rings. The maximum Gasteiger partial charge on any atom is 0.0405 e. The average Bonchev–Trinajstić information content (AvgIpc) is 2.87. The molecule has 0 saturated heterocycles. The van der Waals surface area contributed by atoms with Gasteiger partial charge >= 0.3 is 0 Å². The molecule has 0 radical (unpaired) electrons. The lowest BCUT2D eigenvalue weighted by Gasteiger charge is -2.28. The number of anilines is 1. The van der Waals surface area contributed by atoms with E-state index in [1.165, 1.54) is 33.7 Å². The highest BCUT2D eigenvalue weighted by molar-refractivity contribution is 7.10. The number of hydrogen-bond donors (Lipinski definition) is 1. The molecule has 2 heteroatoms. The van der Waals surface area contributed by atoms with Crippen LogP contribution in [0.3, 0.4) is 0 Å². The highest BCUT2D eigenvalue weighted by atomic mass is 32.1. The van der Waals surface area contributed by atoms with Crippen molar-refractivity contribution in [2.75, 3.05) is 11.9 Å². The van der Waals surface area contributed by atoms with Crippen molar-refractivity contribution in [3.05, 3.63) is 51.2 Å². The summed E-state index contributed by atoms with van der Waals surface area (Å²) in [7, 11) is 0. The summed E-state index contributed by atoms with van der Waals surface area (Å²) >= 11 is 1.87. The van der Waals surface area contributed by atoms with E-state index in [0.29, 0.717) is 5.92 Å². The summed E-state index contributed by atoms with van der Waals surface area (Å²) in [4.78, 5) is 1.50. The van der Waals surface area contributed by atoms with Crippen molar-refractivity contribution in [2.24, 2.45) is 0 Å². The van der Waals surface area contributed by atoms with Crippen LogP contribution in [0.15, 0.2) is 29.6 Å². The molecule has 0 aliphatic carbocycles. The molecule has 1 atom stereocenters. The Hall–Kier alpha value is -1.28. The van der Waals surface area contributed by atoms with Gasteiger partial charge in [-0.2, -0.15) is 0 Å². The Labute approximate surface area is 106 Å². The van der Waals surface area contributed by atoms with Gasteiger partial charge in [-0.05, 0) is 48.4 Å². The molecule has 0 spiro atoms. The molecule has 88 valence electrons. The first-order valence-electron chi connectivity index (χ1n) is 6.12. The van der Waals surface area contributed by atoms with Gasteiger partial charge in [0.05, 0.1) is 0 Å². The predicted octanol–water partition coefficient (Wildman–Crippen LogP) is 4.12. The van der Waals surface area contributed by atoms with Crippen LogP contribution >= 0.6 is 11.3 Å². The molecule has 0 saturated carbocycles. The minimum absolute atomic E-state index is 0.642. The Morgan fingerprint density at radius 2 is 2.00 bits per heavy atom. The molecule has 2 aromatic rings. The minimum Gasteiger partial charge on any atom is -0.384 e. The molecule has 17 heavy (non-hydrogen) atoms. The second kappa shape index (κ2) is 4.19. The van der Waals surface area contributed by atoms with E-state index in [2.05, 4.69) is 48.8 Å². The van der Waals surface area contributed by atoms with E-state index in [0.717, 1.165) is 6.54 Å². The van der Waals surface area contributed by atoms with Crippen molar-refractivity contribution < 1.29 is 0 Å². The van der Waals surface area contributed by atoms with Crippen LogP contribution in [-0.2, 0) is 6.42 Å². The highest BCUT2D eigenvalue weighted by Crippen LogP contribution is 2.35. The zero-order chi connectivity index (χ0) is 11.8. The fourth-order valence-electron chi connectivity index (χ4n) is 2.65. The third-order valence-electron chi connectivity index (χ3n) is 3.68. The topological polar surface area (TPSA) is 12.0 Å². The second-order valence-electron chi connectivity index (χ2n) is 4.85. The molecule has 1 unspecified atom stereocenters. The van der Waals surface area contributed by atoms with Crippen molar-refractivity contribution in [1.82, 2.24) is 0 Å². The Bertz CT molecular complexity index is 528. The van der Waals surface area contributed by atoms with Crippen molar-refractivity contribution >= 4 is 17.0 Å². The van der Waals surface area contributed by atoms with Crippen LogP contribution in [0, 0.1) is 13.8 Å². The van der Waals surface area contributed by atoms with E-state index < -0.39 is 0 Å². The van der Waals surface area contributed by atoms with Crippen molar-refractivity contribution in [2.45, 2.75) is 26.2 Å². The van der Waals surface area contributed by atoms with Gasteiger partial charge in [-0.3, -0.25) is 0 Å². The second-order valence-corrected chi connectivity index (χ2v) is 5.83. The zero-order valence-electron chi connectivity index (χ0n) is 10.3. The van der Waals surface area contributed by atoms with E-state index in [1.807, 2.05) is 11.3 Å². The maximum atomic E-state index is 3.62. The highest BCUT2D eigenvalue weighted by Gasteiger charge is 2.22. The Morgan fingerprint density at radius 1 is 1.18 bits per heavy atom. The summed E-state index contributed by atoms with van der Waals surface area (Å²) in [6.45, 7) is 5.48. The number of hydrogen-bond acceptors (Lipinski definition) is 2. The molecule has 0 bridgehead atoms. The number of thiophene rings is 1. The SMILES string of the molecule is Cc1ccc(C)c2c1CC(c1cccs1)CN2. The molecule has 1 aromatic heterocycles. The normalized spacial score (nSPS) is 18.6. The van der Waals surface area contributed by atoms with Gasteiger partial charge < -0.3 is 5.32 Å². The Morgan fingerprint density at radius 3 is 2.76 bits per heavy atom. The molecule has 1 nitrogen and oxygen atoms in total. The van der Waals surface area contributed by atoms with E-state index in [9.17, 15) is 0 Å². The van der Waals surface area contributed by atoms with Gasteiger partial charge in [-0.15, -0.1) is 11.3 Å². The van der Waals surface area contributed by atoms with Crippen molar-refractivity contribution in [1.29, 1.82) is 0 Å². The lowest BCUT2D eigenvalue weighted by atomic mass is 9.88. The van der Waals surface area contributed by atoms with Gasteiger partial charge in [0.25, 0.3) is 0 Å². The number of nitrogens with one attached hydrogen (secondary N) is 1. The molecule has 1 aliphatic heterocycles. The fraction of sp³-hybridized carbons (Fsp3) is 0.333. The first-order valence-corrected chi connectivity index (χ1v) is 7.00. The van der Waals surface area contributed by atoms with Gasteiger partial charge in [0.15, 0.2) is 0 Å². The smallest absolute Gasteiger partial charge is 0.0405 e. The van der Waals surface area contributed by atoms with Crippen LogP contribution < -0.4 is 5.32 Å². The molecule has 1 aromatic carbocycles. The van der Waals surface area contributed by atoms with Crippen LogP contribution in [0.1, 0.15) is 27.5 Å². The third kappa shape index (κ3) is 1.87. The Balaban J connectivity index is 1.98. The molecular weight excluding hydrogens is 226 g/mol. The van der Waals surface area contributed by atoms with Gasteiger partial charge in [0.1, 0.15) is 0 Å². The van der Waals surface area contributed by atoms with Crippen LogP contribution in [0.25, 0.3) is 0 Å². The number of rotatable bonds is 1. The largest absolute Gasteiger partial charge is 0.384 e. The molecule has 0 amide bonds. The number of fused-ring (bicyclic) bond motifs is 1. The standard InChI is InChI=1S/C15H17NS/c1-10-5-6-11(2)15-13(10)8-12(9-16-15)14-4-3-7-17-14/h3-7,12,16H,8-9H2,1-2H3. The summed E-state index contributed by atoms with van der Waals surface area (Å²) in [6, 6.07) is 8.87. The van der Waals surface area contributed by atoms with Crippen LogP contribution in [0.2, 0.25) is 0 Å². The van der Waals surface area contributed by atoms with Gasteiger partial charge in [0, 0.05) is 23.0 Å². The molecule has 0 fully saturated rings. The van der Waals surface area contributed by atoms with E-state index in [4.69, 9.17) is 0 Å². The lowest BCUT2D eigenvalue weighted by molar-refractivity contribution is 0.702. The maximum absolute atomic E-state index is 3.62. The lowest BCUT2D eigenvalue weighted by Crippen LogP contribution is -2.22. The number of aryl methyl sites for hydroxylation is 2. The summed E-state index contributed by atoms with van der Waals surface area (Å²) in [6.07, 6.45) is 1.18. The molecule has 3 rings (SSSR count). The first kappa shape index (κ1) is 10.8. The monoisotopic (exact) mass is 243 g/mol. The van der Waals surface area contributed by atoms with Crippen LogP contribution in [0.5, 0.6) is 0 Å². The quantitative estimate of drug-likeness (QED) is 0.794. The molecule has 1 N–H and O–H groups in total. The van der Waals surface area contributed by atoms with E-state index in [-0.39, 0.29) is 0 Å². The van der Waals surface area contributed by atoms with Crippen LogP contribution in [-0.4, -0.2) is 6.54 Å². The first-order chi connectivity index (χ1) is 8.25. The molecular formula is C15H17NS. The van der Waals surface area contributed by atoms with Gasteiger partial charge in [-0.1, -0.05) is 18.2 Å². The summed E-state index contributed by atoms with van der Waals surface area (Å²) in [5, 5.41) is 5.79. The zero-order valence-corrected chi connectivity index (χ0v) is 11.1. The summed E-state index contributed by atoms with van der Waals surface area (Å²) < 4.78 is 0. The van der Waals surface area contributed by atoms with Gasteiger partial charge in [-0.25, -0.2) is 0 Å². The van der Waals surface area contributed by atoms with E-state index in [1.54, 1.807) is 0 Å². The predicted molar refractivity (Wildman–Crippen MR) is 75.2 cm³/mol. The fourth-order valence-corrected chi connectivity index (χ4v) is 3.48. The average molecular weight is 243 g/mol. The van der Waals surface area contributed by atoms with Crippen molar-refractivity contribution in [3.8, 4) is 0 Å². The summed E-state index contributed by atoms with van der Waals surface area (Å²) in [5.41, 5.74) is 5.67. The Kier molecular flexibility index (Phi) is 2.67. The van der Waals surface area contributed by atoms with E-state index >= 15 is 0 Å². The number of benzene rings is 1. The van der Waals surface area contributed by atoms with Crippen LogP contribution in [0.4, 0.5) is 5.69 Å². The van der Waals surface area contributed by atoms with Gasteiger partial charge in [0.2, 0.25) is 0 Å². The third-order valence-corrected chi connectivity index (χ3v) is 4.71. The van der Waals surface area contributed by atoms with Crippen molar-refractivity contribution in [3.63, 3.8) is 0 Å². The molecule has 2 heterocycles. The summed E-state index contributed by atoms with van der Waals surface area (Å²) in [5.74, 6) is 0.642. The minimum atomic E-state index is 0.642.